The Labute approximate surface area is 150 Å². The lowest BCUT2D eigenvalue weighted by molar-refractivity contribution is 0.102. The molecule has 0 unspecified atom stereocenters. The number of amides is 1. The Morgan fingerprint density at radius 3 is 2.52 bits per heavy atom. The number of aromatic nitrogens is 1. The summed E-state index contributed by atoms with van der Waals surface area (Å²) in [6.45, 7) is 0. The van der Waals surface area contributed by atoms with Gasteiger partial charge in [-0.25, -0.2) is 0 Å². The number of ether oxygens (including phenoxy) is 2. The van der Waals surface area contributed by atoms with E-state index in [2.05, 4.69) is 10.3 Å². The summed E-state index contributed by atoms with van der Waals surface area (Å²) in [6.07, 6.45) is 3.10. The number of rotatable bonds is 5. The summed E-state index contributed by atoms with van der Waals surface area (Å²) in [7, 11) is 1.60. The maximum Gasteiger partial charge on any atom is 0.257 e. The van der Waals surface area contributed by atoms with Crippen LogP contribution in [0.25, 0.3) is 0 Å². The molecule has 6 heteroatoms. The predicted molar refractivity (Wildman–Crippen MR) is 96.7 cm³/mol. The third kappa shape index (κ3) is 4.28. The molecule has 1 amide bonds. The lowest BCUT2D eigenvalue weighted by Crippen LogP contribution is -2.12. The van der Waals surface area contributed by atoms with E-state index in [-0.39, 0.29) is 5.91 Å². The van der Waals surface area contributed by atoms with Crippen molar-refractivity contribution in [1.82, 2.24) is 4.98 Å². The van der Waals surface area contributed by atoms with Crippen LogP contribution < -0.4 is 14.8 Å². The molecule has 0 radical (unpaired) electrons. The number of methoxy groups -OCH3 is 1. The van der Waals surface area contributed by atoms with Crippen LogP contribution in [0.1, 0.15) is 10.4 Å². The topological polar surface area (TPSA) is 60.5 Å². The Bertz CT molecular complexity index is 868. The Hall–Kier alpha value is -3.05. The van der Waals surface area contributed by atoms with Gasteiger partial charge in [0.2, 0.25) is 0 Å². The van der Waals surface area contributed by atoms with Crippen molar-refractivity contribution >= 4 is 23.2 Å². The summed E-state index contributed by atoms with van der Waals surface area (Å²) < 4.78 is 11.0. The first-order valence-electron chi connectivity index (χ1n) is 7.48. The second-order valence-corrected chi connectivity index (χ2v) is 5.55. The number of hydrogen-bond acceptors (Lipinski definition) is 4. The summed E-state index contributed by atoms with van der Waals surface area (Å²) in [5.74, 6) is 1.52. The molecule has 0 spiro atoms. The van der Waals surface area contributed by atoms with Gasteiger partial charge in [0.05, 0.1) is 18.4 Å². The van der Waals surface area contributed by atoms with Crippen LogP contribution in [0.15, 0.2) is 67.0 Å². The van der Waals surface area contributed by atoms with Crippen molar-refractivity contribution in [2.45, 2.75) is 0 Å². The number of anilines is 1. The van der Waals surface area contributed by atoms with Crippen molar-refractivity contribution in [2.24, 2.45) is 0 Å². The van der Waals surface area contributed by atoms with Crippen LogP contribution in [-0.2, 0) is 0 Å². The van der Waals surface area contributed by atoms with Crippen LogP contribution in [0.3, 0.4) is 0 Å². The number of nitrogens with zero attached hydrogens (tertiary/aromatic N) is 1. The average Bonchev–Trinajstić information content (AvgIpc) is 2.65. The van der Waals surface area contributed by atoms with Crippen molar-refractivity contribution in [1.29, 1.82) is 0 Å². The lowest BCUT2D eigenvalue weighted by atomic mass is 10.2. The molecule has 0 saturated carbocycles. The number of halogens is 1. The van der Waals surface area contributed by atoms with Crippen LogP contribution in [0.2, 0.25) is 5.02 Å². The predicted octanol–water partition coefficient (Wildman–Crippen LogP) is 4.79. The number of carbonyl (C=O) groups is 1. The fraction of sp³-hybridized carbons (Fsp3) is 0.0526. The van der Waals surface area contributed by atoms with E-state index in [9.17, 15) is 4.79 Å². The second kappa shape index (κ2) is 7.68. The molecular weight excluding hydrogens is 340 g/mol. The normalized spacial score (nSPS) is 10.2. The van der Waals surface area contributed by atoms with E-state index in [0.29, 0.717) is 27.8 Å². The average molecular weight is 355 g/mol. The van der Waals surface area contributed by atoms with E-state index in [1.807, 2.05) is 0 Å². The van der Waals surface area contributed by atoms with E-state index >= 15 is 0 Å². The van der Waals surface area contributed by atoms with E-state index in [4.69, 9.17) is 21.1 Å². The van der Waals surface area contributed by atoms with Crippen molar-refractivity contribution < 1.29 is 14.3 Å². The Balaban J connectivity index is 1.83. The zero-order valence-corrected chi connectivity index (χ0v) is 14.2. The molecule has 0 bridgehead atoms. The van der Waals surface area contributed by atoms with E-state index in [0.717, 1.165) is 5.75 Å². The molecule has 3 rings (SSSR count). The lowest BCUT2D eigenvalue weighted by Gasteiger charge is -2.13. The Morgan fingerprint density at radius 2 is 1.84 bits per heavy atom. The monoisotopic (exact) mass is 354 g/mol. The highest BCUT2D eigenvalue weighted by Crippen LogP contribution is 2.33. The van der Waals surface area contributed by atoms with Gasteiger partial charge in [-0.05, 0) is 54.6 Å². The number of hydrogen-bond donors (Lipinski definition) is 1. The minimum Gasteiger partial charge on any atom is -0.497 e. The van der Waals surface area contributed by atoms with Crippen LogP contribution in [-0.4, -0.2) is 18.0 Å². The molecule has 0 aliphatic heterocycles. The third-order valence-corrected chi connectivity index (χ3v) is 3.64. The number of benzene rings is 2. The molecule has 0 saturated heterocycles. The van der Waals surface area contributed by atoms with Crippen molar-refractivity contribution in [2.75, 3.05) is 12.4 Å². The first kappa shape index (κ1) is 16.8. The van der Waals surface area contributed by atoms with Crippen molar-refractivity contribution in [3.05, 3.63) is 77.6 Å². The van der Waals surface area contributed by atoms with Gasteiger partial charge in [-0.2, -0.15) is 0 Å². The van der Waals surface area contributed by atoms with Gasteiger partial charge in [0.25, 0.3) is 5.91 Å². The SMILES string of the molecule is COc1ccc(Oc2ccc(Cl)cc2NC(=O)c2cccnc2)cc1. The first-order chi connectivity index (χ1) is 12.2. The van der Waals surface area contributed by atoms with Gasteiger partial charge in [0, 0.05) is 17.4 Å². The van der Waals surface area contributed by atoms with Crippen molar-refractivity contribution in [3.63, 3.8) is 0 Å². The molecule has 1 aromatic heterocycles. The maximum absolute atomic E-state index is 12.3. The third-order valence-electron chi connectivity index (χ3n) is 3.40. The molecule has 25 heavy (non-hydrogen) atoms. The smallest absolute Gasteiger partial charge is 0.257 e. The number of carbonyl (C=O) groups excluding carboxylic acids is 1. The van der Waals surface area contributed by atoms with Crippen LogP contribution in [0, 0.1) is 0 Å². The largest absolute Gasteiger partial charge is 0.497 e. The number of nitrogens with one attached hydrogen (secondary N) is 1. The van der Waals surface area contributed by atoms with Gasteiger partial charge in [-0.3, -0.25) is 9.78 Å². The van der Waals surface area contributed by atoms with Gasteiger partial charge in [-0.1, -0.05) is 11.6 Å². The van der Waals surface area contributed by atoms with Crippen LogP contribution in [0.4, 0.5) is 5.69 Å². The van der Waals surface area contributed by atoms with Gasteiger partial charge < -0.3 is 14.8 Å². The summed E-state index contributed by atoms with van der Waals surface area (Å²) in [5.41, 5.74) is 0.912. The standard InChI is InChI=1S/C19H15ClN2O3/c1-24-15-5-7-16(8-6-15)25-18-9-4-14(20)11-17(18)22-19(23)13-3-2-10-21-12-13/h2-12H,1H3,(H,22,23). The van der Waals surface area contributed by atoms with Gasteiger partial charge >= 0.3 is 0 Å². The molecule has 2 aromatic carbocycles. The minimum absolute atomic E-state index is 0.296. The molecule has 0 aliphatic rings. The summed E-state index contributed by atoms with van der Waals surface area (Å²) in [6, 6.07) is 15.5. The van der Waals surface area contributed by atoms with Gasteiger partial charge in [0.15, 0.2) is 5.75 Å². The first-order valence-corrected chi connectivity index (χ1v) is 7.86. The quantitative estimate of drug-likeness (QED) is 0.715. The highest BCUT2D eigenvalue weighted by Gasteiger charge is 2.12. The molecule has 3 aromatic rings. The highest BCUT2D eigenvalue weighted by molar-refractivity contribution is 6.31. The molecule has 1 N–H and O–H groups in total. The molecule has 0 fully saturated rings. The zero-order valence-electron chi connectivity index (χ0n) is 13.4. The molecule has 0 aliphatic carbocycles. The van der Waals surface area contributed by atoms with Gasteiger partial charge in [-0.15, -0.1) is 0 Å². The fourth-order valence-corrected chi connectivity index (χ4v) is 2.32. The summed E-state index contributed by atoms with van der Waals surface area (Å²) >= 11 is 6.05. The Morgan fingerprint density at radius 1 is 1.08 bits per heavy atom. The molecule has 126 valence electrons. The van der Waals surface area contributed by atoms with Gasteiger partial charge in [0.1, 0.15) is 11.5 Å². The molecule has 0 atom stereocenters. The second-order valence-electron chi connectivity index (χ2n) is 5.11. The fourth-order valence-electron chi connectivity index (χ4n) is 2.15. The minimum atomic E-state index is -0.296. The molecule has 1 heterocycles. The highest BCUT2D eigenvalue weighted by atomic mass is 35.5. The van der Waals surface area contributed by atoms with E-state index in [1.54, 1.807) is 67.9 Å². The Kier molecular flexibility index (Phi) is 5.16. The van der Waals surface area contributed by atoms with E-state index in [1.165, 1.54) is 6.20 Å². The maximum atomic E-state index is 12.3. The number of pyridine rings is 1. The molecular formula is C19H15ClN2O3. The summed E-state index contributed by atoms with van der Waals surface area (Å²) in [4.78, 5) is 16.3. The van der Waals surface area contributed by atoms with Crippen LogP contribution >= 0.6 is 11.6 Å². The van der Waals surface area contributed by atoms with Crippen LogP contribution in [0.5, 0.6) is 17.2 Å². The van der Waals surface area contributed by atoms with Crippen molar-refractivity contribution in [3.8, 4) is 17.2 Å². The summed E-state index contributed by atoms with van der Waals surface area (Å²) in [5, 5.41) is 3.29. The zero-order chi connectivity index (χ0) is 17.6. The van der Waals surface area contributed by atoms with E-state index < -0.39 is 0 Å². The molecule has 5 nitrogen and oxygen atoms in total.